The van der Waals surface area contributed by atoms with Crippen LogP contribution in [-0.4, -0.2) is 19.4 Å². The summed E-state index contributed by atoms with van der Waals surface area (Å²) in [7, 11) is -1.96. The summed E-state index contributed by atoms with van der Waals surface area (Å²) in [5.74, 6) is -0.220. The van der Waals surface area contributed by atoms with Gasteiger partial charge < -0.3 is 4.43 Å². The fraction of sp³-hybridized carbons (Fsp3) is 0.667. The van der Waals surface area contributed by atoms with Gasteiger partial charge in [0.2, 0.25) is 0 Å². The monoisotopic (exact) mass is 315 g/mol. The van der Waals surface area contributed by atoms with Gasteiger partial charge in [-0.1, -0.05) is 27.7 Å². The molecule has 0 aliphatic heterocycles. The molecule has 2 nitrogen and oxygen atoms in total. The zero-order chi connectivity index (χ0) is 15.6. The molecular weight excluding hydrogens is 289 g/mol. The Morgan fingerprint density at radius 2 is 2.10 bits per heavy atom. The van der Waals surface area contributed by atoms with Crippen LogP contribution in [0.4, 0.5) is 4.39 Å². The summed E-state index contributed by atoms with van der Waals surface area (Å²) in [5.41, 5.74) is 0.683. The van der Waals surface area contributed by atoms with Gasteiger partial charge in [-0.25, -0.2) is 9.37 Å². The number of rotatable bonds is 5. The Labute approximate surface area is 127 Å². The average Bonchev–Trinajstić information content (AvgIpc) is 2.70. The second-order valence-corrected chi connectivity index (χ2v) is 12.4. The molecule has 0 bridgehead atoms. The molecular formula is C15H26FNOSSi. The number of hydrogen-bond donors (Lipinski definition) is 0. The minimum atomic E-state index is -1.96. The lowest BCUT2D eigenvalue weighted by atomic mass is 10.2. The molecule has 0 saturated carbocycles. The van der Waals surface area contributed by atoms with Crippen molar-refractivity contribution in [2.75, 3.05) is 0 Å². The van der Waals surface area contributed by atoms with Crippen LogP contribution in [0.25, 0.3) is 6.08 Å². The van der Waals surface area contributed by atoms with E-state index in [2.05, 4.69) is 38.8 Å². The van der Waals surface area contributed by atoms with Gasteiger partial charge in [0, 0.05) is 5.38 Å². The summed E-state index contributed by atoms with van der Waals surface area (Å²) in [4.78, 5) is 4.27. The van der Waals surface area contributed by atoms with Crippen molar-refractivity contribution in [1.29, 1.82) is 0 Å². The number of halogens is 1. The van der Waals surface area contributed by atoms with Crippen LogP contribution in [0.5, 0.6) is 0 Å². The first-order chi connectivity index (χ1) is 9.06. The molecule has 0 radical (unpaired) electrons. The van der Waals surface area contributed by atoms with Gasteiger partial charge in [0.05, 0.1) is 16.8 Å². The molecule has 0 unspecified atom stereocenters. The quantitative estimate of drug-likeness (QED) is 0.663. The summed E-state index contributed by atoms with van der Waals surface area (Å²) in [5, 5.41) is 2.90. The molecule has 0 aliphatic carbocycles. The molecule has 0 amide bonds. The van der Waals surface area contributed by atoms with Crippen molar-refractivity contribution in [3.63, 3.8) is 0 Å². The summed E-state index contributed by atoms with van der Waals surface area (Å²) < 4.78 is 20.6. The molecule has 20 heavy (non-hydrogen) atoms. The SMILES string of the molecule is CC[C@H](O[Si](C)(C)C(C)(C)C)C(F)=Cc1csc(C)n1. The van der Waals surface area contributed by atoms with E-state index in [0.29, 0.717) is 12.1 Å². The van der Waals surface area contributed by atoms with E-state index in [-0.39, 0.29) is 10.9 Å². The lowest BCUT2D eigenvalue weighted by molar-refractivity contribution is 0.185. The second kappa shape index (κ2) is 6.50. The minimum absolute atomic E-state index is 0.0813. The molecule has 0 N–H and O–H groups in total. The highest BCUT2D eigenvalue weighted by Gasteiger charge is 2.39. The molecule has 0 aliphatic rings. The van der Waals surface area contributed by atoms with E-state index in [4.69, 9.17) is 4.43 Å². The van der Waals surface area contributed by atoms with Gasteiger partial charge >= 0.3 is 0 Å². The van der Waals surface area contributed by atoms with Gasteiger partial charge in [0.15, 0.2) is 8.32 Å². The second-order valence-electron chi connectivity index (χ2n) is 6.60. The van der Waals surface area contributed by atoms with E-state index in [1.54, 1.807) is 0 Å². The lowest BCUT2D eigenvalue weighted by Gasteiger charge is -2.38. The molecule has 1 aromatic rings. The largest absolute Gasteiger partial charge is 0.408 e. The van der Waals surface area contributed by atoms with Gasteiger partial charge in [-0.15, -0.1) is 11.3 Å². The lowest BCUT2D eigenvalue weighted by Crippen LogP contribution is -2.44. The van der Waals surface area contributed by atoms with Crippen LogP contribution in [0.2, 0.25) is 18.1 Å². The Hall–Kier alpha value is -0.523. The molecule has 5 heteroatoms. The summed E-state index contributed by atoms with van der Waals surface area (Å²) in [6.45, 7) is 14.7. The maximum Gasteiger partial charge on any atom is 0.193 e. The predicted octanol–water partition coefficient (Wildman–Crippen LogP) is 5.56. The zero-order valence-corrected chi connectivity index (χ0v) is 15.4. The van der Waals surface area contributed by atoms with Crippen molar-refractivity contribution in [2.24, 2.45) is 0 Å². The first kappa shape index (κ1) is 17.5. The van der Waals surface area contributed by atoms with Crippen molar-refractivity contribution in [3.8, 4) is 0 Å². The highest BCUT2D eigenvalue weighted by atomic mass is 32.1. The molecule has 0 fully saturated rings. The molecule has 1 rings (SSSR count). The van der Waals surface area contributed by atoms with Gasteiger partial charge in [-0.05, 0) is 37.6 Å². The van der Waals surface area contributed by atoms with Crippen LogP contribution in [0.15, 0.2) is 11.2 Å². The molecule has 0 saturated heterocycles. The third kappa shape index (κ3) is 4.50. The Balaban J connectivity index is 2.88. The highest BCUT2D eigenvalue weighted by Crippen LogP contribution is 2.38. The first-order valence-electron chi connectivity index (χ1n) is 7.04. The minimum Gasteiger partial charge on any atom is -0.408 e. The molecule has 1 aromatic heterocycles. The normalized spacial score (nSPS) is 15.5. The van der Waals surface area contributed by atoms with Crippen LogP contribution in [0.3, 0.4) is 0 Å². The van der Waals surface area contributed by atoms with Crippen molar-refractivity contribution in [3.05, 3.63) is 21.9 Å². The molecule has 0 aromatic carbocycles. The Kier molecular flexibility index (Phi) is 5.69. The number of hydrogen-bond acceptors (Lipinski definition) is 3. The topological polar surface area (TPSA) is 22.1 Å². The van der Waals surface area contributed by atoms with Gasteiger partial charge in [-0.3, -0.25) is 0 Å². The van der Waals surface area contributed by atoms with Crippen molar-refractivity contribution in [1.82, 2.24) is 4.98 Å². The van der Waals surface area contributed by atoms with E-state index >= 15 is 0 Å². The predicted molar refractivity (Wildman–Crippen MR) is 88.3 cm³/mol. The van der Waals surface area contributed by atoms with Crippen molar-refractivity contribution >= 4 is 25.7 Å². The Morgan fingerprint density at radius 3 is 2.50 bits per heavy atom. The van der Waals surface area contributed by atoms with Crippen LogP contribution in [-0.2, 0) is 4.43 Å². The smallest absolute Gasteiger partial charge is 0.193 e. The zero-order valence-electron chi connectivity index (χ0n) is 13.6. The number of aromatic nitrogens is 1. The Bertz CT molecular complexity index is 476. The molecule has 1 heterocycles. The van der Waals surface area contributed by atoms with E-state index < -0.39 is 14.4 Å². The van der Waals surface area contributed by atoms with E-state index in [1.165, 1.54) is 17.4 Å². The number of thiazole rings is 1. The highest BCUT2D eigenvalue weighted by molar-refractivity contribution is 7.09. The molecule has 0 spiro atoms. The summed E-state index contributed by atoms with van der Waals surface area (Å²) in [6.07, 6.45) is 1.68. The Morgan fingerprint density at radius 1 is 1.50 bits per heavy atom. The van der Waals surface area contributed by atoms with Crippen LogP contribution in [0, 0.1) is 6.92 Å². The van der Waals surface area contributed by atoms with Gasteiger partial charge in [0.25, 0.3) is 0 Å². The van der Waals surface area contributed by atoms with E-state index in [1.807, 2.05) is 19.2 Å². The van der Waals surface area contributed by atoms with Crippen LogP contribution >= 0.6 is 11.3 Å². The third-order valence-corrected chi connectivity index (χ3v) is 9.12. The average molecular weight is 316 g/mol. The van der Waals surface area contributed by atoms with Crippen molar-refractivity contribution < 1.29 is 8.82 Å². The van der Waals surface area contributed by atoms with Gasteiger partial charge in [0.1, 0.15) is 5.83 Å². The number of aryl methyl sites for hydroxylation is 1. The summed E-state index contributed by atoms with van der Waals surface area (Å²) >= 11 is 1.53. The summed E-state index contributed by atoms with van der Waals surface area (Å²) in [6, 6.07) is 0. The fourth-order valence-electron chi connectivity index (χ4n) is 1.55. The van der Waals surface area contributed by atoms with E-state index in [9.17, 15) is 4.39 Å². The number of nitrogens with zero attached hydrogens (tertiary/aromatic N) is 1. The van der Waals surface area contributed by atoms with Gasteiger partial charge in [-0.2, -0.15) is 0 Å². The molecule has 114 valence electrons. The molecule has 1 atom stereocenters. The standard InChI is InChI=1S/C15H26FNOSSi/c1-8-14(18-20(6,7)15(3,4)5)13(16)9-12-10-19-11(2)17-12/h9-10,14H,8H2,1-7H3/t14-/m0/s1. The maximum atomic E-state index is 14.4. The van der Waals surface area contributed by atoms with E-state index in [0.717, 1.165) is 5.01 Å². The first-order valence-corrected chi connectivity index (χ1v) is 10.8. The van der Waals surface area contributed by atoms with Crippen molar-refractivity contribution in [2.45, 2.75) is 65.3 Å². The van der Waals surface area contributed by atoms with Crippen LogP contribution in [0.1, 0.15) is 44.8 Å². The third-order valence-electron chi connectivity index (χ3n) is 3.84. The van der Waals surface area contributed by atoms with Crippen LogP contribution < -0.4 is 0 Å². The fourth-order valence-corrected chi connectivity index (χ4v) is 3.46. The maximum absolute atomic E-state index is 14.4.